The van der Waals surface area contributed by atoms with E-state index in [1.165, 1.54) is 43.2 Å². The van der Waals surface area contributed by atoms with Crippen LogP contribution in [0.15, 0.2) is 71.8 Å². The summed E-state index contributed by atoms with van der Waals surface area (Å²) < 4.78 is 5.86. The van der Waals surface area contributed by atoms with E-state index in [0.29, 0.717) is 6.42 Å². The van der Waals surface area contributed by atoms with Gasteiger partial charge in [0.2, 0.25) is 0 Å². The van der Waals surface area contributed by atoms with Crippen LogP contribution in [-0.2, 0) is 22.4 Å². The van der Waals surface area contributed by atoms with Crippen molar-refractivity contribution in [3.8, 4) is 0 Å². The van der Waals surface area contributed by atoms with Crippen LogP contribution in [0.5, 0.6) is 0 Å². The van der Waals surface area contributed by atoms with Crippen molar-refractivity contribution in [1.29, 1.82) is 0 Å². The highest BCUT2D eigenvalue weighted by atomic mass is 16.5. The maximum Gasteiger partial charge on any atom is 0.306 e. The Kier molecular flexibility index (Phi) is 10.6. The lowest BCUT2D eigenvalue weighted by atomic mass is 9.87. The second kappa shape index (κ2) is 13.9. The van der Waals surface area contributed by atoms with Gasteiger partial charge in [0.15, 0.2) is 0 Å². The van der Waals surface area contributed by atoms with Gasteiger partial charge in [-0.2, -0.15) is 0 Å². The van der Waals surface area contributed by atoms with Gasteiger partial charge in [-0.25, -0.2) is 0 Å². The summed E-state index contributed by atoms with van der Waals surface area (Å²) in [6.45, 7) is 2.04. The maximum atomic E-state index is 12.1. The fourth-order valence-electron chi connectivity index (χ4n) is 4.78. The van der Waals surface area contributed by atoms with Gasteiger partial charge in [0, 0.05) is 6.42 Å². The fourth-order valence-corrected chi connectivity index (χ4v) is 4.78. The first kappa shape index (κ1) is 24.3. The highest BCUT2D eigenvalue weighted by Gasteiger charge is 2.16. The third-order valence-electron chi connectivity index (χ3n) is 6.53. The van der Waals surface area contributed by atoms with Crippen LogP contribution < -0.4 is 0 Å². The molecule has 2 heteroatoms. The molecule has 0 bridgehead atoms. The van der Waals surface area contributed by atoms with Crippen LogP contribution in [-0.4, -0.2) is 12.1 Å². The summed E-state index contributed by atoms with van der Waals surface area (Å²) in [5, 5.41) is 0. The van der Waals surface area contributed by atoms with Gasteiger partial charge in [0.25, 0.3) is 0 Å². The van der Waals surface area contributed by atoms with Crippen molar-refractivity contribution in [3.05, 3.63) is 82.9 Å². The molecule has 3 rings (SSSR count). The summed E-state index contributed by atoms with van der Waals surface area (Å²) in [7, 11) is 0. The lowest BCUT2D eigenvalue weighted by molar-refractivity contribution is -0.149. The third kappa shape index (κ3) is 8.65. The zero-order valence-electron chi connectivity index (χ0n) is 19.9. The molecule has 2 aromatic carbocycles. The number of rotatable bonds is 7. The van der Waals surface area contributed by atoms with Crippen LogP contribution >= 0.6 is 0 Å². The molecule has 0 N–H and O–H groups in total. The number of carbonyl (C=O) groups excluding carboxylic acids is 1. The summed E-state index contributed by atoms with van der Waals surface area (Å²) in [6.07, 6.45) is 13.9. The number of carbonyl (C=O) groups is 1. The minimum Gasteiger partial charge on any atom is -0.462 e. The largest absolute Gasteiger partial charge is 0.462 e. The first-order valence-electron chi connectivity index (χ1n) is 12.7. The molecule has 0 heterocycles. The molecule has 0 spiro atoms. The van der Waals surface area contributed by atoms with Gasteiger partial charge in [0.1, 0.15) is 6.10 Å². The Bertz CT molecular complexity index is 822. The van der Waals surface area contributed by atoms with E-state index in [9.17, 15) is 4.79 Å². The molecule has 1 aliphatic rings. The molecule has 1 unspecified atom stereocenters. The number of hydrogen-bond donors (Lipinski definition) is 0. The Labute approximate surface area is 195 Å². The molecule has 2 aromatic rings. The molecule has 0 saturated carbocycles. The fraction of sp³-hybridized carbons (Fsp3) is 0.500. The van der Waals surface area contributed by atoms with Crippen molar-refractivity contribution in [2.45, 2.75) is 96.5 Å². The molecular weight excluding hydrogens is 392 g/mol. The maximum absolute atomic E-state index is 12.1. The van der Waals surface area contributed by atoms with Crippen molar-refractivity contribution in [1.82, 2.24) is 0 Å². The average Bonchev–Trinajstić information content (AvgIpc) is 2.80. The molecule has 0 radical (unpaired) electrons. The van der Waals surface area contributed by atoms with Crippen LogP contribution in [0.1, 0.15) is 88.7 Å². The number of hydrogen-bond acceptors (Lipinski definition) is 2. The van der Waals surface area contributed by atoms with Gasteiger partial charge in [0.05, 0.1) is 0 Å². The smallest absolute Gasteiger partial charge is 0.306 e. The quantitative estimate of drug-likeness (QED) is 0.327. The number of allylic oxidation sites excluding steroid dienone is 2. The Morgan fingerprint density at radius 2 is 1.28 bits per heavy atom. The molecule has 0 aromatic heterocycles. The van der Waals surface area contributed by atoms with Crippen molar-refractivity contribution in [2.24, 2.45) is 0 Å². The van der Waals surface area contributed by atoms with E-state index in [1.807, 2.05) is 6.92 Å². The zero-order valence-corrected chi connectivity index (χ0v) is 19.9. The minimum absolute atomic E-state index is 0.0191. The second-order valence-corrected chi connectivity index (χ2v) is 9.24. The molecule has 0 aliphatic heterocycles. The normalized spacial score (nSPS) is 18.5. The summed E-state index contributed by atoms with van der Waals surface area (Å²) in [5.41, 5.74) is 6.03. The SMILES string of the molecule is CCCC(=O)OC1CCCCCCC(Cc2ccccc2)=C(Cc2ccccc2)CCC1. The Morgan fingerprint density at radius 1 is 0.750 bits per heavy atom. The topological polar surface area (TPSA) is 26.3 Å². The molecule has 0 amide bonds. The van der Waals surface area contributed by atoms with E-state index in [4.69, 9.17) is 4.74 Å². The third-order valence-corrected chi connectivity index (χ3v) is 6.53. The van der Waals surface area contributed by atoms with E-state index in [-0.39, 0.29) is 12.1 Å². The van der Waals surface area contributed by atoms with Crippen molar-refractivity contribution < 1.29 is 9.53 Å². The molecule has 172 valence electrons. The lowest BCUT2D eigenvalue weighted by Crippen LogP contribution is -2.18. The molecule has 1 atom stereocenters. The molecule has 32 heavy (non-hydrogen) atoms. The molecule has 2 nitrogen and oxygen atoms in total. The lowest BCUT2D eigenvalue weighted by Gasteiger charge is -2.21. The number of ether oxygens (including phenoxy) is 1. The first-order chi connectivity index (χ1) is 15.7. The number of benzene rings is 2. The molecule has 0 saturated heterocycles. The predicted octanol–water partition coefficient (Wildman–Crippen LogP) is 8.00. The van der Waals surface area contributed by atoms with E-state index in [2.05, 4.69) is 60.7 Å². The molecule has 1 aliphatic carbocycles. The molecular formula is C30H40O2. The van der Waals surface area contributed by atoms with E-state index in [1.54, 1.807) is 11.1 Å². The van der Waals surface area contributed by atoms with Crippen molar-refractivity contribution in [2.75, 3.05) is 0 Å². The van der Waals surface area contributed by atoms with Crippen LogP contribution in [0.2, 0.25) is 0 Å². The Hall–Kier alpha value is -2.35. The van der Waals surface area contributed by atoms with Gasteiger partial charge < -0.3 is 4.74 Å². The molecule has 0 fully saturated rings. The Balaban J connectivity index is 1.78. The monoisotopic (exact) mass is 432 g/mol. The number of esters is 1. The van der Waals surface area contributed by atoms with Gasteiger partial charge in [-0.3, -0.25) is 4.79 Å². The highest BCUT2D eigenvalue weighted by molar-refractivity contribution is 5.69. The van der Waals surface area contributed by atoms with Crippen LogP contribution in [0.25, 0.3) is 0 Å². The summed E-state index contributed by atoms with van der Waals surface area (Å²) in [5.74, 6) is -0.0191. The standard InChI is InChI=1S/C30H40O2/c1-2-14-30(31)32-29-21-12-4-3-11-19-27(23-25-15-7-5-8-16-25)28(20-13-22-29)24-26-17-9-6-10-18-26/h5-10,15-18,29H,2-4,11-14,19-24H2,1H3. The summed E-state index contributed by atoms with van der Waals surface area (Å²) in [4.78, 5) is 12.1. The first-order valence-corrected chi connectivity index (χ1v) is 12.7. The summed E-state index contributed by atoms with van der Waals surface area (Å²) in [6, 6.07) is 21.8. The van der Waals surface area contributed by atoms with E-state index < -0.39 is 0 Å². The minimum atomic E-state index is -0.0191. The predicted molar refractivity (Wildman–Crippen MR) is 134 cm³/mol. The summed E-state index contributed by atoms with van der Waals surface area (Å²) >= 11 is 0. The van der Waals surface area contributed by atoms with Crippen molar-refractivity contribution in [3.63, 3.8) is 0 Å². The highest BCUT2D eigenvalue weighted by Crippen LogP contribution is 2.28. The van der Waals surface area contributed by atoms with Gasteiger partial charge in [-0.05, 0) is 75.3 Å². The van der Waals surface area contributed by atoms with E-state index >= 15 is 0 Å². The second-order valence-electron chi connectivity index (χ2n) is 9.24. The Morgan fingerprint density at radius 3 is 1.88 bits per heavy atom. The van der Waals surface area contributed by atoms with Gasteiger partial charge in [-0.1, -0.05) is 91.6 Å². The van der Waals surface area contributed by atoms with Gasteiger partial charge in [-0.15, -0.1) is 0 Å². The zero-order chi connectivity index (χ0) is 22.4. The van der Waals surface area contributed by atoms with Crippen LogP contribution in [0, 0.1) is 0 Å². The van der Waals surface area contributed by atoms with Crippen LogP contribution in [0.4, 0.5) is 0 Å². The van der Waals surface area contributed by atoms with Gasteiger partial charge >= 0.3 is 5.97 Å². The average molecular weight is 433 g/mol. The van der Waals surface area contributed by atoms with E-state index in [0.717, 1.165) is 44.9 Å². The van der Waals surface area contributed by atoms with Crippen LogP contribution in [0.3, 0.4) is 0 Å². The van der Waals surface area contributed by atoms with Crippen molar-refractivity contribution >= 4 is 5.97 Å².